The molecule has 31 heavy (non-hydrogen) atoms. The smallest absolute Gasteiger partial charge is 0.266 e. The molecular weight excluding hydrogens is 471 g/mol. The van der Waals surface area contributed by atoms with Gasteiger partial charge in [-0.15, -0.1) is 22.7 Å². The molecule has 4 rings (SSSR count). The van der Waals surface area contributed by atoms with Crippen LogP contribution in [0, 0.1) is 0 Å². The van der Waals surface area contributed by atoms with E-state index in [4.69, 9.17) is 18.0 Å². The summed E-state index contributed by atoms with van der Waals surface area (Å²) in [6.07, 6.45) is 6.41. The lowest BCUT2D eigenvalue weighted by Gasteiger charge is -2.14. The summed E-state index contributed by atoms with van der Waals surface area (Å²) in [5.74, 6) is -0.809. The number of carbonyl (C=O) groups is 3. The Morgan fingerprint density at radius 3 is 2.84 bits per heavy atom. The van der Waals surface area contributed by atoms with Gasteiger partial charge in [-0.05, 0) is 55.2 Å². The molecule has 0 bridgehead atoms. The van der Waals surface area contributed by atoms with E-state index in [1.807, 2.05) is 23.6 Å². The molecule has 3 amide bonds. The molecule has 0 spiro atoms. The molecule has 6 nitrogen and oxygen atoms in total. The second-order valence-electron chi connectivity index (χ2n) is 7.28. The highest BCUT2D eigenvalue weighted by molar-refractivity contribution is 8.26. The fraction of sp³-hybridized carbons (Fsp3) is 0.333. The third kappa shape index (κ3) is 4.92. The Hall–Kier alpha value is -2.01. The summed E-state index contributed by atoms with van der Waals surface area (Å²) < 4.78 is 0.509. The molecule has 0 saturated carbocycles. The first-order valence-corrected chi connectivity index (χ1v) is 12.9. The van der Waals surface area contributed by atoms with Gasteiger partial charge in [-0.3, -0.25) is 19.3 Å². The van der Waals surface area contributed by atoms with Crippen LogP contribution in [0.2, 0.25) is 0 Å². The number of nitrogens with two attached hydrogens (primary N) is 1. The Morgan fingerprint density at radius 1 is 1.29 bits per heavy atom. The molecule has 2 aromatic rings. The largest absolute Gasteiger partial charge is 0.365 e. The first kappa shape index (κ1) is 22.2. The Bertz CT molecular complexity index is 1070. The van der Waals surface area contributed by atoms with Crippen molar-refractivity contribution in [3.63, 3.8) is 0 Å². The molecule has 1 aliphatic heterocycles. The van der Waals surface area contributed by atoms with Gasteiger partial charge in [0.1, 0.15) is 9.32 Å². The second-order valence-corrected chi connectivity index (χ2v) is 11.0. The SMILES string of the molecule is NC(=O)c1c(NC(=O)CCCN2C(=O)C(=Cc3cccs3)SC2=S)sc2c1CCCC2. The topological polar surface area (TPSA) is 92.5 Å². The number of nitrogens with one attached hydrogen (secondary N) is 1. The maximum absolute atomic E-state index is 12.6. The molecule has 1 saturated heterocycles. The van der Waals surface area contributed by atoms with E-state index >= 15 is 0 Å². The number of thiocarbonyl (C=S) groups is 1. The molecule has 162 valence electrons. The van der Waals surface area contributed by atoms with Gasteiger partial charge in [0.25, 0.3) is 11.8 Å². The lowest BCUT2D eigenvalue weighted by molar-refractivity contribution is -0.122. The first-order chi connectivity index (χ1) is 14.9. The van der Waals surface area contributed by atoms with Crippen LogP contribution >= 0.6 is 46.7 Å². The van der Waals surface area contributed by atoms with Crippen molar-refractivity contribution in [2.24, 2.45) is 5.73 Å². The minimum absolute atomic E-state index is 0.120. The number of rotatable bonds is 7. The highest BCUT2D eigenvalue weighted by Gasteiger charge is 2.32. The zero-order chi connectivity index (χ0) is 22.0. The minimum Gasteiger partial charge on any atom is -0.365 e. The number of carbonyl (C=O) groups excluding carboxylic acids is 3. The molecule has 0 radical (unpaired) electrons. The fourth-order valence-corrected chi connectivity index (χ4v) is 7.04. The molecule has 1 fully saturated rings. The molecule has 1 aliphatic carbocycles. The average Bonchev–Trinajstić information content (AvgIpc) is 3.42. The number of thiophene rings is 2. The van der Waals surface area contributed by atoms with E-state index in [9.17, 15) is 14.4 Å². The predicted molar refractivity (Wildman–Crippen MR) is 132 cm³/mol. The molecule has 3 heterocycles. The molecule has 2 aromatic heterocycles. The maximum Gasteiger partial charge on any atom is 0.266 e. The predicted octanol–water partition coefficient (Wildman–Crippen LogP) is 4.41. The number of amides is 3. The molecule has 0 atom stereocenters. The Labute approximate surface area is 197 Å². The number of aryl methyl sites for hydroxylation is 1. The molecule has 2 aliphatic rings. The summed E-state index contributed by atoms with van der Waals surface area (Å²) in [4.78, 5) is 41.4. The minimum atomic E-state index is -0.496. The third-order valence-electron chi connectivity index (χ3n) is 5.15. The number of anilines is 1. The summed E-state index contributed by atoms with van der Waals surface area (Å²) >= 11 is 9.65. The van der Waals surface area contributed by atoms with E-state index < -0.39 is 5.91 Å². The van der Waals surface area contributed by atoms with Crippen molar-refractivity contribution in [1.82, 2.24) is 4.90 Å². The molecule has 0 aromatic carbocycles. The molecule has 0 unspecified atom stereocenters. The van der Waals surface area contributed by atoms with Gasteiger partial charge in [-0.2, -0.15) is 0 Å². The van der Waals surface area contributed by atoms with Gasteiger partial charge in [0.2, 0.25) is 5.91 Å². The summed E-state index contributed by atoms with van der Waals surface area (Å²) in [6, 6.07) is 3.88. The number of primary amides is 1. The van der Waals surface area contributed by atoms with E-state index in [1.54, 1.807) is 16.2 Å². The van der Waals surface area contributed by atoms with Gasteiger partial charge in [0, 0.05) is 22.7 Å². The molecule has 10 heteroatoms. The summed E-state index contributed by atoms with van der Waals surface area (Å²) in [5.41, 5.74) is 7.04. The second kappa shape index (κ2) is 9.64. The van der Waals surface area contributed by atoms with E-state index in [0.717, 1.165) is 41.0 Å². The van der Waals surface area contributed by atoms with Crippen LogP contribution in [-0.4, -0.2) is 33.5 Å². The normalized spacial score (nSPS) is 17.3. The van der Waals surface area contributed by atoms with E-state index in [2.05, 4.69) is 5.32 Å². The standard InChI is InChI=1S/C21H21N3O3S4/c22-18(26)17-13-6-1-2-7-14(13)30-19(17)23-16(25)8-3-9-24-20(27)15(31-21(24)28)11-12-5-4-10-29-12/h4-5,10-11H,1-3,6-9H2,(H2,22,26)(H,23,25). The Balaban J connectivity index is 1.34. The van der Waals surface area contributed by atoms with Crippen molar-refractivity contribution in [2.75, 3.05) is 11.9 Å². The lowest BCUT2D eigenvalue weighted by Crippen LogP contribution is -2.29. The van der Waals surface area contributed by atoms with E-state index in [-0.39, 0.29) is 18.2 Å². The highest BCUT2D eigenvalue weighted by atomic mass is 32.2. The number of hydrogen-bond acceptors (Lipinski definition) is 7. The van der Waals surface area contributed by atoms with Gasteiger partial charge in [0.05, 0.1) is 10.5 Å². The summed E-state index contributed by atoms with van der Waals surface area (Å²) in [7, 11) is 0. The fourth-order valence-electron chi connectivity index (χ4n) is 3.70. The van der Waals surface area contributed by atoms with Gasteiger partial charge < -0.3 is 11.1 Å². The summed E-state index contributed by atoms with van der Waals surface area (Å²) in [5, 5.41) is 5.37. The van der Waals surface area contributed by atoms with Crippen molar-refractivity contribution in [3.8, 4) is 0 Å². The monoisotopic (exact) mass is 491 g/mol. The number of hydrogen-bond donors (Lipinski definition) is 2. The first-order valence-electron chi connectivity index (χ1n) is 9.97. The van der Waals surface area contributed by atoms with Gasteiger partial charge >= 0.3 is 0 Å². The van der Waals surface area contributed by atoms with Crippen LogP contribution in [-0.2, 0) is 22.4 Å². The van der Waals surface area contributed by atoms with Gasteiger partial charge in [-0.1, -0.05) is 30.0 Å². The quantitative estimate of drug-likeness (QED) is 0.442. The van der Waals surface area contributed by atoms with Crippen molar-refractivity contribution in [2.45, 2.75) is 38.5 Å². The Kier molecular flexibility index (Phi) is 6.90. The van der Waals surface area contributed by atoms with Crippen LogP contribution in [0.15, 0.2) is 22.4 Å². The molecule has 3 N–H and O–H groups in total. The van der Waals surface area contributed by atoms with Crippen LogP contribution < -0.4 is 11.1 Å². The van der Waals surface area contributed by atoms with Crippen LogP contribution in [0.4, 0.5) is 5.00 Å². The van der Waals surface area contributed by atoms with Gasteiger partial charge in [0.15, 0.2) is 0 Å². The van der Waals surface area contributed by atoms with Crippen molar-refractivity contribution in [1.29, 1.82) is 0 Å². The van der Waals surface area contributed by atoms with Crippen molar-refractivity contribution < 1.29 is 14.4 Å². The maximum atomic E-state index is 12.6. The van der Waals surface area contributed by atoms with Crippen LogP contribution in [0.5, 0.6) is 0 Å². The number of fused-ring (bicyclic) bond motifs is 1. The Morgan fingerprint density at radius 2 is 2.10 bits per heavy atom. The van der Waals surface area contributed by atoms with Crippen molar-refractivity contribution in [3.05, 3.63) is 43.3 Å². The number of nitrogens with zero attached hydrogens (tertiary/aromatic N) is 1. The highest BCUT2D eigenvalue weighted by Crippen LogP contribution is 2.38. The van der Waals surface area contributed by atoms with E-state index in [0.29, 0.717) is 32.8 Å². The zero-order valence-corrected chi connectivity index (χ0v) is 19.9. The van der Waals surface area contributed by atoms with Gasteiger partial charge in [-0.25, -0.2) is 0 Å². The van der Waals surface area contributed by atoms with Crippen LogP contribution in [0.1, 0.15) is 51.4 Å². The summed E-state index contributed by atoms with van der Waals surface area (Å²) in [6.45, 7) is 0.378. The van der Waals surface area contributed by atoms with E-state index in [1.165, 1.54) is 23.1 Å². The lowest BCUT2D eigenvalue weighted by atomic mass is 9.95. The zero-order valence-electron chi connectivity index (χ0n) is 16.6. The van der Waals surface area contributed by atoms with Crippen LogP contribution in [0.25, 0.3) is 6.08 Å². The number of thioether (sulfide) groups is 1. The molecular formula is C21H21N3O3S4. The third-order valence-corrected chi connectivity index (χ3v) is 8.55. The average molecular weight is 492 g/mol. The van der Waals surface area contributed by atoms with Crippen LogP contribution in [0.3, 0.4) is 0 Å². The van der Waals surface area contributed by atoms with Crippen molar-refractivity contribution >= 4 is 79.8 Å².